The summed E-state index contributed by atoms with van der Waals surface area (Å²) in [5.41, 5.74) is -0.0929. The molecule has 1 aliphatic rings. The molecule has 0 radical (unpaired) electrons. The Bertz CT molecular complexity index is 514. The molecule has 1 aromatic carbocycles. The van der Waals surface area contributed by atoms with Gasteiger partial charge in [0.2, 0.25) is 0 Å². The molecular weight excluding hydrogens is 292 g/mol. The lowest BCUT2D eigenvalue weighted by molar-refractivity contribution is -0.385. The minimum atomic E-state index is -0.687. The van der Waals surface area contributed by atoms with Gasteiger partial charge in [0.05, 0.1) is 10.5 Å². The maximum atomic E-state index is 11.0. The lowest BCUT2D eigenvalue weighted by Gasteiger charge is -2.35. The van der Waals surface area contributed by atoms with Crippen LogP contribution in [-0.2, 0) is 6.54 Å². The average Bonchev–Trinajstić information content (AvgIpc) is 2.44. The number of halogens is 1. The molecule has 1 aromatic rings. The van der Waals surface area contributed by atoms with E-state index >= 15 is 0 Å². The number of nitro benzene ring substituents is 1. The molecule has 0 aliphatic heterocycles. The van der Waals surface area contributed by atoms with Crippen LogP contribution in [0.1, 0.15) is 38.2 Å². The number of rotatable bonds is 5. The van der Waals surface area contributed by atoms with E-state index in [0.29, 0.717) is 29.6 Å². The van der Waals surface area contributed by atoms with E-state index in [1.54, 1.807) is 12.1 Å². The summed E-state index contributed by atoms with van der Waals surface area (Å²) in [4.78, 5) is 10.6. The topological polar surface area (TPSA) is 75.4 Å². The molecule has 0 amide bonds. The van der Waals surface area contributed by atoms with Crippen LogP contribution in [-0.4, -0.2) is 22.2 Å². The molecule has 2 rings (SSSR count). The van der Waals surface area contributed by atoms with Gasteiger partial charge in [-0.3, -0.25) is 10.1 Å². The lowest BCUT2D eigenvalue weighted by Crippen LogP contribution is -2.43. The molecule has 0 saturated heterocycles. The fourth-order valence-corrected chi connectivity index (χ4v) is 2.93. The van der Waals surface area contributed by atoms with Gasteiger partial charge in [-0.2, -0.15) is 0 Å². The van der Waals surface area contributed by atoms with Crippen molar-refractivity contribution in [3.8, 4) is 0 Å². The molecule has 0 bridgehead atoms. The smallest absolute Gasteiger partial charge is 0.275 e. The first-order valence-corrected chi connectivity index (χ1v) is 7.63. The summed E-state index contributed by atoms with van der Waals surface area (Å²) in [6, 6.07) is 4.65. The van der Waals surface area contributed by atoms with E-state index in [4.69, 9.17) is 11.6 Å². The molecule has 0 spiro atoms. The highest BCUT2D eigenvalue weighted by molar-refractivity contribution is 6.30. The Morgan fingerprint density at radius 2 is 2.14 bits per heavy atom. The van der Waals surface area contributed by atoms with Crippen molar-refractivity contribution < 1.29 is 10.0 Å². The van der Waals surface area contributed by atoms with Crippen LogP contribution in [0.15, 0.2) is 18.2 Å². The van der Waals surface area contributed by atoms with Gasteiger partial charge in [0.15, 0.2) is 0 Å². The first kappa shape index (κ1) is 16.2. The Labute approximate surface area is 129 Å². The van der Waals surface area contributed by atoms with E-state index in [1.165, 1.54) is 6.07 Å². The van der Waals surface area contributed by atoms with Gasteiger partial charge in [0, 0.05) is 29.7 Å². The number of hydrogen-bond acceptors (Lipinski definition) is 4. The summed E-state index contributed by atoms with van der Waals surface area (Å²) in [5, 5.41) is 25.0. The van der Waals surface area contributed by atoms with Gasteiger partial charge >= 0.3 is 0 Å². The van der Waals surface area contributed by atoms with Crippen molar-refractivity contribution in [2.75, 3.05) is 6.54 Å². The first-order valence-electron chi connectivity index (χ1n) is 7.25. The van der Waals surface area contributed by atoms with E-state index in [9.17, 15) is 15.2 Å². The molecule has 116 valence electrons. The third-order valence-electron chi connectivity index (χ3n) is 4.22. The summed E-state index contributed by atoms with van der Waals surface area (Å²) in [6.07, 6.45) is 3.62. The number of nitro groups is 1. The van der Waals surface area contributed by atoms with Crippen LogP contribution < -0.4 is 5.32 Å². The van der Waals surface area contributed by atoms with Crippen molar-refractivity contribution in [3.63, 3.8) is 0 Å². The fourth-order valence-electron chi connectivity index (χ4n) is 2.76. The Hall–Kier alpha value is -1.17. The second kappa shape index (κ2) is 6.73. The second-order valence-corrected chi connectivity index (χ2v) is 6.48. The number of nitrogens with zero attached hydrogens (tertiary/aromatic N) is 1. The Morgan fingerprint density at radius 3 is 2.76 bits per heavy atom. The molecule has 21 heavy (non-hydrogen) atoms. The predicted octanol–water partition coefficient (Wildman–Crippen LogP) is 3.28. The zero-order chi connectivity index (χ0) is 15.5. The standard InChI is InChI=1S/C15H21ClN2O3/c1-11-4-6-15(19,7-5-11)10-17-9-12-2-3-13(16)8-14(12)18(20)21/h2-3,8,11,17,19H,4-7,9-10H2,1H3. The van der Waals surface area contributed by atoms with E-state index in [-0.39, 0.29) is 5.69 Å². The third kappa shape index (κ3) is 4.40. The number of aliphatic hydroxyl groups is 1. The van der Waals surface area contributed by atoms with Crippen LogP contribution >= 0.6 is 11.6 Å². The summed E-state index contributed by atoms with van der Waals surface area (Å²) in [5.74, 6) is 0.669. The highest BCUT2D eigenvalue weighted by atomic mass is 35.5. The minimum Gasteiger partial charge on any atom is -0.389 e. The highest BCUT2D eigenvalue weighted by Gasteiger charge is 2.31. The second-order valence-electron chi connectivity index (χ2n) is 6.04. The quantitative estimate of drug-likeness (QED) is 0.646. The molecule has 2 N–H and O–H groups in total. The van der Waals surface area contributed by atoms with Crippen molar-refractivity contribution in [2.45, 2.75) is 44.8 Å². The van der Waals surface area contributed by atoms with Gasteiger partial charge in [0.1, 0.15) is 0 Å². The zero-order valence-corrected chi connectivity index (χ0v) is 12.9. The SMILES string of the molecule is CC1CCC(O)(CNCc2ccc(Cl)cc2[N+](=O)[O-])CC1. The van der Waals surface area contributed by atoms with Crippen LogP contribution in [0.4, 0.5) is 5.69 Å². The van der Waals surface area contributed by atoms with Crippen molar-refractivity contribution in [1.82, 2.24) is 5.32 Å². The summed E-state index contributed by atoms with van der Waals surface area (Å²) in [6.45, 7) is 3.01. The van der Waals surface area contributed by atoms with Crippen molar-refractivity contribution in [3.05, 3.63) is 38.9 Å². The summed E-state index contributed by atoms with van der Waals surface area (Å²) >= 11 is 5.79. The van der Waals surface area contributed by atoms with Gasteiger partial charge in [-0.05, 0) is 43.7 Å². The predicted molar refractivity (Wildman–Crippen MR) is 82.4 cm³/mol. The molecule has 1 aliphatic carbocycles. The molecule has 0 unspecified atom stereocenters. The monoisotopic (exact) mass is 312 g/mol. The molecule has 0 heterocycles. The normalized spacial score (nSPS) is 25.8. The van der Waals surface area contributed by atoms with Crippen LogP contribution in [0.2, 0.25) is 5.02 Å². The Kier molecular flexibility index (Phi) is 5.19. The minimum absolute atomic E-state index is 0.0132. The largest absolute Gasteiger partial charge is 0.389 e. The van der Waals surface area contributed by atoms with Crippen molar-refractivity contribution in [1.29, 1.82) is 0 Å². The van der Waals surface area contributed by atoms with E-state index < -0.39 is 10.5 Å². The van der Waals surface area contributed by atoms with E-state index in [1.807, 2.05) is 0 Å². The van der Waals surface area contributed by atoms with E-state index in [2.05, 4.69) is 12.2 Å². The third-order valence-corrected chi connectivity index (χ3v) is 4.45. The molecule has 0 aromatic heterocycles. The van der Waals surface area contributed by atoms with Gasteiger partial charge < -0.3 is 10.4 Å². The van der Waals surface area contributed by atoms with Crippen LogP contribution in [0, 0.1) is 16.0 Å². The van der Waals surface area contributed by atoms with E-state index in [0.717, 1.165) is 25.7 Å². The highest BCUT2D eigenvalue weighted by Crippen LogP contribution is 2.31. The molecule has 0 atom stereocenters. The number of nitrogens with one attached hydrogen (secondary N) is 1. The van der Waals surface area contributed by atoms with Crippen molar-refractivity contribution in [2.24, 2.45) is 5.92 Å². The Morgan fingerprint density at radius 1 is 1.48 bits per heavy atom. The maximum Gasteiger partial charge on any atom is 0.275 e. The number of hydrogen-bond donors (Lipinski definition) is 2. The lowest BCUT2D eigenvalue weighted by atomic mass is 9.79. The average molecular weight is 313 g/mol. The maximum absolute atomic E-state index is 11.0. The molecular formula is C15H21ClN2O3. The van der Waals surface area contributed by atoms with Gasteiger partial charge in [-0.25, -0.2) is 0 Å². The van der Waals surface area contributed by atoms with Crippen LogP contribution in [0.5, 0.6) is 0 Å². The first-order chi connectivity index (χ1) is 9.89. The Balaban J connectivity index is 1.93. The van der Waals surface area contributed by atoms with Gasteiger partial charge in [-0.1, -0.05) is 18.5 Å². The van der Waals surface area contributed by atoms with Gasteiger partial charge in [-0.15, -0.1) is 0 Å². The fraction of sp³-hybridized carbons (Fsp3) is 0.600. The molecule has 1 fully saturated rings. The summed E-state index contributed by atoms with van der Waals surface area (Å²) in [7, 11) is 0. The zero-order valence-electron chi connectivity index (χ0n) is 12.1. The number of benzene rings is 1. The van der Waals surface area contributed by atoms with Crippen LogP contribution in [0.25, 0.3) is 0 Å². The van der Waals surface area contributed by atoms with Crippen LogP contribution in [0.3, 0.4) is 0 Å². The van der Waals surface area contributed by atoms with Gasteiger partial charge in [0.25, 0.3) is 5.69 Å². The molecule has 1 saturated carbocycles. The molecule has 5 nitrogen and oxygen atoms in total. The van der Waals surface area contributed by atoms with Crippen molar-refractivity contribution >= 4 is 17.3 Å². The molecule has 6 heteroatoms. The summed E-state index contributed by atoms with van der Waals surface area (Å²) < 4.78 is 0.